The molecule has 1 atom stereocenters. The third-order valence-electron chi connectivity index (χ3n) is 5.12. The largest absolute Gasteiger partial charge is 0.461 e. The average Bonchev–Trinajstić information content (AvgIpc) is 3.01. The second kappa shape index (κ2) is 5.47. The summed E-state index contributed by atoms with van der Waals surface area (Å²) in [6.45, 7) is 0. The molecule has 1 aliphatic carbocycles. The molecule has 3 heteroatoms. The topological polar surface area (TPSA) is 26.3 Å². The summed E-state index contributed by atoms with van der Waals surface area (Å²) >= 11 is 6.08. The Kier molecular flexibility index (Phi) is 3.22. The molecule has 0 amide bonds. The first-order valence-corrected chi connectivity index (χ1v) is 8.81. The molecule has 0 radical (unpaired) electrons. The molecule has 2 aliphatic rings. The number of carbonyl (C=O) groups excluding carboxylic acids is 1. The maximum atomic E-state index is 12.6. The van der Waals surface area contributed by atoms with Crippen LogP contribution in [0.3, 0.4) is 0 Å². The van der Waals surface area contributed by atoms with Gasteiger partial charge in [-0.05, 0) is 34.5 Å². The van der Waals surface area contributed by atoms with Gasteiger partial charge in [-0.15, -0.1) is 0 Å². The van der Waals surface area contributed by atoms with E-state index in [2.05, 4.69) is 18.2 Å². The number of allylic oxidation sites excluding steroid dienone is 2. The quantitative estimate of drug-likeness (QED) is 0.570. The number of hydrogen-bond donors (Lipinski definition) is 0. The summed E-state index contributed by atoms with van der Waals surface area (Å²) in [4.78, 5) is 12.6. The number of hydrogen-bond acceptors (Lipinski definition) is 2. The molecule has 5 rings (SSSR count). The van der Waals surface area contributed by atoms with E-state index < -0.39 is 0 Å². The van der Waals surface area contributed by atoms with E-state index in [9.17, 15) is 4.79 Å². The summed E-state index contributed by atoms with van der Waals surface area (Å²) in [6.07, 6.45) is 1.21. The van der Waals surface area contributed by atoms with E-state index in [0.717, 1.165) is 39.0 Å². The molecular weight excluding hydrogens is 332 g/mol. The van der Waals surface area contributed by atoms with Gasteiger partial charge in [0, 0.05) is 34.9 Å². The van der Waals surface area contributed by atoms with Gasteiger partial charge in [-0.25, -0.2) is 0 Å². The molecule has 0 fully saturated rings. The molecule has 2 nitrogen and oxygen atoms in total. The minimum absolute atomic E-state index is 0.0999. The summed E-state index contributed by atoms with van der Waals surface area (Å²) in [6, 6.07) is 20.2. The molecule has 3 aromatic rings. The Morgan fingerprint density at radius 3 is 2.56 bits per heavy atom. The average molecular weight is 347 g/mol. The summed E-state index contributed by atoms with van der Waals surface area (Å²) < 4.78 is 6.14. The highest BCUT2D eigenvalue weighted by Crippen LogP contribution is 2.49. The van der Waals surface area contributed by atoms with Crippen LogP contribution in [0.5, 0.6) is 5.75 Å². The van der Waals surface area contributed by atoms with Crippen molar-refractivity contribution >= 4 is 28.2 Å². The molecule has 1 unspecified atom stereocenters. The van der Waals surface area contributed by atoms with Crippen LogP contribution in [0.1, 0.15) is 29.9 Å². The first-order valence-electron chi connectivity index (χ1n) is 8.43. The van der Waals surface area contributed by atoms with E-state index in [4.69, 9.17) is 16.3 Å². The number of halogens is 1. The lowest BCUT2D eigenvalue weighted by Gasteiger charge is -2.29. The highest BCUT2D eigenvalue weighted by molar-refractivity contribution is 6.30. The maximum Gasteiger partial charge on any atom is 0.163 e. The molecular formula is C22H15ClO2. The van der Waals surface area contributed by atoms with Crippen molar-refractivity contribution in [1.82, 2.24) is 0 Å². The first-order chi connectivity index (χ1) is 12.2. The van der Waals surface area contributed by atoms with Gasteiger partial charge in [0.05, 0.1) is 0 Å². The number of fused-ring (bicyclic) bond motifs is 3. The lowest BCUT2D eigenvalue weighted by molar-refractivity contribution is -0.115. The number of ketones is 1. The molecule has 0 aromatic heterocycles. The van der Waals surface area contributed by atoms with Crippen LogP contribution < -0.4 is 4.74 Å². The monoisotopic (exact) mass is 346 g/mol. The summed E-state index contributed by atoms with van der Waals surface area (Å²) in [7, 11) is 0. The van der Waals surface area contributed by atoms with Crippen molar-refractivity contribution in [3.05, 3.63) is 88.1 Å². The van der Waals surface area contributed by atoms with Crippen LogP contribution in [0, 0.1) is 0 Å². The smallest absolute Gasteiger partial charge is 0.163 e. The molecule has 0 saturated carbocycles. The zero-order valence-corrected chi connectivity index (χ0v) is 14.2. The molecule has 0 N–H and O–H groups in total. The van der Waals surface area contributed by atoms with Gasteiger partial charge >= 0.3 is 0 Å². The van der Waals surface area contributed by atoms with Crippen molar-refractivity contribution in [2.45, 2.75) is 18.8 Å². The van der Waals surface area contributed by atoms with Crippen LogP contribution in [-0.4, -0.2) is 5.78 Å². The van der Waals surface area contributed by atoms with Gasteiger partial charge in [0.25, 0.3) is 0 Å². The highest BCUT2D eigenvalue weighted by Gasteiger charge is 2.39. The second-order valence-electron chi connectivity index (χ2n) is 6.55. The molecule has 0 spiro atoms. The molecule has 25 heavy (non-hydrogen) atoms. The number of benzene rings is 3. The zero-order chi connectivity index (χ0) is 17.0. The van der Waals surface area contributed by atoms with Crippen LogP contribution in [0.2, 0.25) is 5.02 Å². The Balaban J connectivity index is 1.83. The Labute approximate surface area is 150 Å². The minimum Gasteiger partial charge on any atom is -0.461 e. The van der Waals surface area contributed by atoms with Crippen molar-refractivity contribution in [3.63, 3.8) is 0 Å². The van der Waals surface area contributed by atoms with Gasteiger partial charge in [-0.3, -0.25) is 4.79 Å². The van der Waals surface area contributed by atoms with Crippen LogP contribution in [-0.2, 0) is 4.79 Å². The van der Waals surface area contributed by atoms with Crippen LogP contribution in [0.15, 0.2) is 72.0 Å². The fourth-order valence-corrected chi connectivity index (χ4v) is 4.13. The predicted octanol–water partition coefficient (Wildman–Crippen LogP) is 5.63. The Morgan fingerprint density at radius 2 is 1.72 bits per heavy atom. The molecule has 122 valence electrons. The molecule has 0 bridgehead atoms. The zero-order valence-electron chi connectivity index (χ0n) is 13.5. The third-order valence-corrected chi connectivity index (χ3v) is 5.38. The fourth-order valence-electron chi connectivity index (χ4n) is 4.01. The van der Waals surface area contributed by atoms with Crippen LogP contribution >= 0.6 is 11.6 Å². The first kappa shape index (κ1) is 14.7. The van der Waals surface area contributed by atoms with Crippen molar-refractivity contribution in [3.8, 4) is 5.75 Å². The maximum absolute atomic E-state index is 12.6. The van der Waals surface area contributed by atoms with Crippen LogP contribution in [0.25, 0.3) is 10.8 Å². The van der Waals surface area contributed by atoms with Gasteiger partial charge in [0.15, 0.2) is 5.78 Å². The van der Waals surface area contributed by atoms with Crippen molar-refractivity contribution < 1.29 is 9.53 Å². The second-order valence-corrected chi connectivity index (χ2v) is 6.98. The summed E-state index contributed by atoms with van der Waals surface area (Å²) in [5.41, 5.74) is 2.97. The minimum atomic E-state index is -0.0999. The SMILES string of the molecule is O=C1CCC2=C1C(c1ccc(Cl)cc1)c1c(ccc3ccccc13)O2. The van der Waals surface area contributed by atoms with E-state index in [1.165, 1.54) is 0 Å². The van der Waals surface area contributed by atoms with E-state index >= 15 is 0 Å². The molecule has 0 saturated heterocycles. The van der Waals surface area contributed by atoms with Crippen molar-refractivity contribution in [1.29, 1.82) is 0 Å². The number of ether oxygens (including phenoxy) is 1. The van der Waals surface area contributed by atoms with E-state index in [1.807, 2.05) is 42.5 Å². The Hall–Kier alpha value is -2.58. The van der Waals surface area contributed by atoms with E-state index in [-0.39, 0.29) is 11.7 Å². The number of Topliss-reactive ketones (excluding diaryl/α,β-unsaturated/α-hetero) is 1. The summed E-state index contributed by atoms with van der Waals surface area (Å²) in [5.74, 6) is 1.77. The number of rotatable bonds is 1. The third kappa shape index (κ3) is 2.21. The van der Waals surface area contributed by atoms with Gasteiger partial charge in [0.1, 0.15) is 11.5 Å². The lowest BCUT2D eigenvalue weighted by atomic mass is 9.80. The highest BCUT2D eigenvalue weighted by atomic mass is 35.5. The van der Waals surface area contributed by atoms with Crippen molar-refractivity contribution in [2.24, 2.45) is 0 Å². The molecule has 1 heterocycles. The Morgan fingerprint density at radius 1 is 0.920 bits per heavy atom. The molecule has 3 aromatic carbocycles. The van der Waals surface area contributed by atoms with Crippen LogP contribution in [0.4, 0.5) is 0 Å². The lowest BCUT2D eigenvalue weighted by Crippen LogP contribution is -2.18. The van der Waals surface area contributed by atoms with E-state index in [1.54, 1.807) is 0 Å². The standard InChI is InChI=1S/C22H15ClO2/c23-15-8-5-14(6-9-15)20-21-16-4-2-1-3-13(16)7-11-18(21)25-19-12-10-17(24)22(19)20/h1-9,11,20H,10,12H2. The Bertz CT molecular complexity index is 1050. The van der Waals surface area contributed by atoms with Crippen molar-refractivity contribution in [2.75, 3.05) is 0 Å². The number of carbonyl (C=O) groups is 1. The van der Waals surface area contributed by atoms with Gasteiger partial charge in [0.2, 0.25) is 0 Å². The fraction of sp³-hybridized carbons (Fsp3) is 0.136. The summed E-state index contributed by atoms with van der Waals surface area (Å²) in [5, 5.41) is 2.98. The van der Waals surface area contributed by atoms with E-state index in [0.29, 0.717) is 17.9 Å². The van der Waals surface area contributed by atoms with Gasteiger partial charge in [-0.2, -0.15) is 0 Å². The van der Waals surface area contributed by atoms with Gasteiger partial charge < -0.3 is 4.74 Å². The van der Waals surface area contributed by atoms with Gasteiger partial charge in [-0.1, -0.05) is 54.1 Å². The normalized spacial score (nSPS) is 18.9. The molecule has 1 aliphatic heterocycles. The predicted molar refractivity (Wildman–Crippen MR) is 99.1 cm³/mol.